The molecule has 0 aliphatic carbocycles. The molecule has 0 fully saturated rings. The Balaban J connectivity index is 3.10. The number of benzene rings is 1. The number of hydrogen-bond acceptors (Lipinski definition) is 2. The van der Waals surface area contributed by atoms with Gasteiger partial charge in [-0.3, -0.25) is 0 Å². The van der Waals surface area contributed by atoms with Crippen LogP contribution in [0, 0.1) is 5.82 Å². The van der Waals surface area contributed by atoms with Crippen LogP contribution in [0.4, 0.5) is 4.39 Å². The molecule has 0 radical (unpaired) electrons. The van der Waals surface area contributed by atoms with Crippen molar-refractivity contribution in [2.24, 2.45) is 0 Å². The Bertz CT molecular complexity index is 354. The van der Waals surface area contributed by atoms with Crippen molar-refractivity contribution in [1.82, 2.24) is 0 Å². The molecule has 0 amide bonds. The Morgan fingerprint density at radius 3 is 2.71 bits per heavy atom. The van der Waals surface area contributed by atoms with Crippen LogP contribution in [-0.4, -0.2) is 18.2 Å². The van der Waals surface area contributed by atoms with Crippen molar-refractivity contribution in [3.05, 3.63) is 34.6 Å². The smallest absolute Gasteiger partial charge is 0.337 e. The van der Waals surface area contributed by atoms with E-state index >= 15 is 0 Å². The van der Waals surface area contributed by atoms with E-state index in [1.807, 2.05) is 0 Å². The molecule has 0 saturated carbocycles. The maximum Gasteiger partial charge on any atom is 0.337 e. The van der Waals surface area contributed by atoms with Gasteiger partial charge in [0.05, 0.1) is 0 Å². The predicted molar refractivity (Wildman–Crippen MR) is 48.8 cm³/mol. The monoisotopic (exact) mass is 218 g/mol. The zero-order valence-electron chi connectivity index (χ0n) is 7.33. The molecule has 14 heavy (non-hydrogen) atoms. The normalized spacial score (nSPS) is 12.5. The second-order valence-electron chi connectivity index (χ2n) is 2.62. The van der Waals surface area contributed by atoms with E-state index in [0.717, 1.165) is 12.1 Å². The van der Waals surface area contributed by atoms with E-state index in [-0.39, 0.29) is 10.6 Å². The maximum absolute atomic E-state index is 12.6. The molecular formula is C9H8ClFO3. The summed E-state index contributed by atoms with van der Waals surface area (Å²) in [6.45, 7) is 0. The van der Waals surface area contributed by atoms with Crippen LogP contribution < -0.4 is 0 Å². The van der Waals surface area contributed by atoms with E-state index in [1.54, 1.807) is 0 Å². The number of ether oxygens (including phenoxy) is 1. The summed E-state index contributed by atoms with van der Waals surface area (Å²) in [6, 6.07) is 3.47. The molecule has 1 atom stereocenters. The van der Waals surface area contributed by atoms with Crippen LogP contribution in [0.3, 0.4) is 0 Å². The first-order valence-electron chi connectivity index (χ1n) is 3.77. The average Bonchev–Trinajstić information content (AvgIpc) is 2.09. The Morgan fingerprint density at radius 2 is 2.29 bits per heavy atom. The van der Waals surface area contributed by atoms with Crippen molar-refractivity contribution >= 4 is 17.6 Å². The second-order valence-corrected chi connectivity index (χ2v) is 3.03. The predicted octanol–water partition coefficient (Wildman–Crippen LogP) is 2.25. The molecule has 5 heteroatoms. The molecule has 0 saturated heterocycles. The molecule has 1 N–H and O–H groups in total. The first-order chi connectivity index (χ1) is 6.56. The highest BCUT2D eigenvalue weighted by molar-refractivity contribution is 6.31. The molecule has 3 nitrogen and oxygen atoms in total. The van der Waals surface area contributed by atoms with E-state index in [1.165, 1.54) is 13.2 Å². The van der Waals surface area contributed by atoms with Crippen LogP contribution in [0.1, 0.15) is 11.7 Å². The van der Waals surface area contributed by atoms with Gasteiger partial charge in [-0.15, -0.1) is 0 Å². The summed E-state index contributed by atoms with van der Waals surface area (Å²) < 4.78 is 17.4. The van der Waals surface area contributed by atoms with E-state index in [9.17, 15) is 9.18 Å². The number of rotatable bonds is 3. The lowest BCUT2D eigenvalue weighted by molar-refractivity contribution is -0.148. The summed E-state index contributed by atoms with van der Waals surface area (Å²) >= 11 is 5.66. The first kappa shape index (κ1) is 10.9. The summed E-state index contributed by atoms with van der Waals surface area (Å²) in [5, 5.41) is 8.78. The SMILES string of the molecule is COC(C(=O)O)c1ccc(F)cc1Cl. The van der Waals surface area contributed by atoms with Gasteiger partial charge in [0, 0.05) is 17.7 Å². The summed E-state index contributed by atoms with van der Waals surface area (Å²) in [4.78, 5) is 10.7. The van der Waals surface area contributed by atoms with Crippen molar-refractivity contribution in [2.45, 2.75) is 6.10 Å². The third-order valence-electron chi connectivity index (χ3n) is 1.70. The fourth-order valence-corrected chi connectivity index (χ4v) is 1.34. The van der Waals surface area contributed by atoms with Crippen molar-refractivity contribution in [1.29, 1.82) is 0 Å². The van der Waals surface area contributed by atoms with Gasteiger partial charge in [0.15, 0.2) is 6.10 Å². The van der Waals surface area contributed by atoms with E-state index in [0.29, 0.717) is 0 Å². The summed E-state index contributed by atoms with van der Waals surface area (Å²) in [7, 11) is 1.25. The van der Waals surface area contributed by atoms with Gasteiger partial charge in [-0.25, -0.2) is 9.18 Å². The maximum atomic E-state index is 12.6. The number of halogens is 2. The van der Waals surface area contributed by atoms with Gasteiger partial charge in [0.25, 0.3) is 0 Å². The summed E-state index contributed by atoms with van der Waals surface area (Å²) in [5.74, 6) is -1.68. The van der Waals surface area contributed by atoms with Gasteiger partial charge in [0.1, 0.15) is 5.82 Å². The Morgan fingerprint density at radius 1 is 1.64 bits per heavy atom. The molecule has 1 rings (SSSR count). The van der Waals surface area contributed by atoms with Gasteiger partial charge in [-0.2, -0.15) is 0 Å². The zero-order chi connectivity index (χ0) is 10.7. The fourth-order valence-electron chi connectivity index (χ4n) is 1.07. The van der Waals surface area contributed by atoms with E-state index in [2.05, 4.69) is 0 Å². The topological polar surface area (TPSA) is 46.5 Å². The van der Waals surface area contributed by atoms with Crippen molar-refractivity contribution in [3.63, 3.8) is 0 Å². The summed E-state index contributed by atoms with van der Waals surface area (Å²) in [6.07, 6.45) is -1.16. The van der Waals surface area contributed by atoms with E-state index < -0.39 is 17.9 Å². The van der Waals surface area contributed by atoms with Crippen LogP contribution >= 0.6 is 11.6 Å². The molecule has 1 aromatic carbocycles. The molecule has 1 aromatic rings. The minimum Gasteiger partial charge on any atom is -0.479 e. The Kier molecular flexibility index (Phi) is 3.43. The van der Waals surface area contributed by atoms with E-state index in [4.69, 9.17) is 21.4 Å². The number of hydrogen-bond donors (Lipinski definition) is 1. The number of carboxylic acids is 1. The molecular weight excluding hydrogens is 211 g/mol. The standard InChI is InChI=1S/C9H8ClFO3/c1-14-8(9(12)13)6-3-2-5(11)4-7(6)10/h2-4,8H,1H3,(H,12,13). The van der Waals surface area contributed by atoms with Crippen molar-refractivity contribution < 1.29 is 19.0 Å². The second kappa shape index (κ2) is 4.39. The van der Waals surface area contributed by atoms with Gasteiger partial charge >= 0.3 is 5.97 Å². The van der Waals surface area contributed by atoms with Crippen LogP contribution in [0.25, 0.3) is 0 Å². The highest BCUT2D eigenvalue weighted by Crippen LogP contribution is 2.26. The summed E-state index contributed by atoms with van der Waals surface area (Å²) in [5.41, 5.74) is 0.239. The molecule has 0 spiro atoms. The zero-order valence-corrected chi connectivity index (χ0v) is 8.08. The quantitative estimate of drug-likeness (QED) is 0.847. The largest absolute Gasteiger partial charge is 0.479 e. The molecule has 0 aromatic heterocycles. The molecule has 0 aliphatic rings. The molecule has 0 heterocycles. The van der Waals surface area contributed by atoms with Gasteiger partial charge < -0.3 is 9.84 Å². The van der Waals surface area contributed by atoms with Crippen LogP contribution in [-0.2, 0) is 9.53 Å². The lowest BCUT2D eigenvalue weighted by Gasteiger charge is -2.11. The minimum atomic E-state index is -1.17. The number of aliphatic carboxylic acids is 1. The highest BCUT2D eigenvalue weighted by Gasteiger charge is 2.21. The lowest BCUT2D eigenvalue weighted by Crippen LogP contribution is -2.13. The Labute approximate surface area is 85.1 Å². The van der Waals surface area contributed by atoms with Gasteiger partial charge in [0.2, 0.25) is 0 Å². The minimum absolute atomic E-state index is 0.0410. The van der Waals surface area contributed by atoms with Crippen LogP contribution in [0.15, 0.2) is 18.2 Å². The molecule has 76 valence electrons. The molecule has 0 aliphatic heterocycles. The van der Waals surface area contributed by atoms with Crippen LogP contribution in [0.2, 0.25) is 5.02 Å². The Hall–Kier alpha value is -1.13. The van der Waals surface area contributed by atoms with Gasteiger partial charge in [-0.05, 0) is 12.1 Å². The molecule has 0 bridgehead atoms. The fraction of sp³-hybridized carbons (Fsp3) is 0.222. The third kappa shape index (κ3) is 2.21. The molecule has 1 unspecified atom stereocenters. The highest BCUT2D eigenvalue weighted by atomic mass is 35.5. The third-order valence-corrected chi connectivity index (χ3v) is 2.03. The average molecular weight is 219 g/mol. The van der Waals surface area contributed by atoms with Gasteiger partial charge in [-0.1, -0.05) is 17.7 Å². The van der Waals surface area contributed by atoms with Crippen LogP contribution in [0.5, 0.6) is 0 Å². The lowest BCUT2D eigenvalue weighted by atomic mass is 10.1. The van der Waals surface area contributed by atoms with Crippen molar-refractivity contribution in [3.8, 4) is 0 Å². The number of carbonyl (C=O) groups is 1. The first-order valence-corrected chi connectivity index (χ1v) is 4.14. The number of carboxylic acid groups (broad SMARTS) is 1. The number of methoxy groups -OCH3 is 1. The van der Waals surface area contributed by atoms with Crippen molar-refractivity contribution in [2.75, 3.05) is 7.11 Å².